The SMILES string of the molecule is CC(C)CC1(c2noc(=O)[nH]2)c2ccc(C(=O)O)cc2CCc2cc(C(=O)O)ccc21.COC(=O)c1ccc2c(c1)CCc1cc(C(=O)OC)ccc1C2(CC(C)C)C(N)=NO.COC(=O)c1ccc2c(c1)CCc1cc(C(=O)OC)ccc1C2(CC(C)C)c1noc(=O)[nH]1.[C-]#[N+]C1(CC(C)C)c2ccc(C(=O)OC)cc2CCc2cc(C(=O)OC)ccc21. The number of aryl methyl sites for hydroxylation is 8. The number of aromatic amines is 2. The molecule has 0 spiro atoms. The number of rotatable bonds is 19. The van der Waals surface area contributed by atoms with Crippen LogP contribution in [0, 0.1) is 30.2 Å². The van der Waals surface area contributed by atoms with Crippen molar-refractivity contribution in [3.8, 4) is 0 Å². The molecule has 0 radical (unpaired) electrons. The van der Waals surface area contributed by atoms with E-state index < -0.39 is 69.1 Å². The van der Waals surface area contributed by atoms with Crippen molar-refractivity contribution < 1.29 is 91.2 Å². The van der Waals surface area contributed by atoms with E-state index in [4.69, 9.17) is 49.8 Å². The van der Waals surface area contributed by atoms with Gasteiger partial charge in [-0.1, -0.05) is 107 Å². The van der Waals surface area contributed by atoms with Gasteiger partial charge in [-0.2, -0.15) is 0 Å². The lowest BCUT2D eigenvalue weighted by Crippen LogP contribution is -2.44. The van der Waals surface area contributed by atoms with Gasteiger partial charge in [0.05, 0.1) is 103 Å². The van der Waals surface area contributed by atoms with Gasteiger partial charge in [0.25, 0.3) is 5.54 Å². The Morgan fingerprint density at radius 3 is 0.831 bits per heavy atom. The number of carbonyl (C=O) groups excluding carboxylic acids is 6. The number of methoxy groups -OCH3 is 6. The van der Waals surface area contributed by atoms with Crippen molar-refractivity contribution in [3.05, 3.63) is 323 Å². The van der Waals surface area contributed by atoms with E-state index in [1.54, 1.807) is 72.8 Å². The second-order valence-electron chi connectivity index (χ2n) is 33.0. The van der Waals surface area contributed by atoms with E-state index in [9.17, 15) is 63.4 Å². The number of H-pyrrole nitrogens is 2. The molecule has 0 unspecified atom stereocenters. The molecule has 28 heteroatoms. The minimum atomic E-state index is -1.03. The van der Waals surface area contributed by atoms with Crippen LogP contribution in [0.5, 0.6) is 0 Å². The smallest absolute Gasteiger partial charge is 0.438 e. The molecule has 2 aromatic heterocycles. The summed E-state index contributed by atoms with van der Waals surface area (Å²) in [6.07, 6.45) is 7.28. The summed E-state index contributed by atoms with van der Waals surface area (Å²) in [5.74, 6) is -4.19. The Morgan fingerprint density at radius 2 is 0.613 bits per heavy atom. The fraction of sp³-hybridized carbons (Fsp3) is 0.354. The summed E-state index contributed by atoms with van der Waals surface area (Å²) in [4.78, 5) is 130. The molecule has 0 fully saturated rings. The Labute approximate surface area is 716 Å². The summed E-state index contributed by atoms with van der Waals surface area (Å²) < 4.78 is 39.1. The number of oxime groups is 1. The monoisotopic (exact) mass is 1690 g/mol. The average Bonchev–Trinajstić information content (AvgIpc) is 1.46. The number of carbonyl (C=O) groups is 8. The van der Waals surface area contributed by atoms with E-state index in [1.165, 1.54) is 42.7 Å². The number of hydrogen-bond acceptors (Lipinski definition) is 22. The summed E-state index contributed by atoms with van der Waals surface area (Å²) in [6.45, 7) is 24.8. The van der Waals surface area contributed by atoms with Crippen molar-refractivity contribution in [1.29, 1.82) is 0 Å². The molecule has 2 heterocycles. The number of nitrogens with two attached hydrogens (primary N) is 1. The number of aromatic nitrogens is 4. The molecule has 8 aromatic carbocycles. The predicted molar refractivity (Wildman–Crippen MR) is 457 cm³/mol. The highest BCUT2D eigenvalue weighted by Crippen LogP contribution is 2.52. The molecule has 0 atom stereocenters. The second kappa shape index (κ2) is 38.1. The Morgan fingerprint density at radius 1 is 0.387 bits per heavy atom. The first-order valence-electron chi connectivity index (χ1n) is 40.7. The summed E-state index contributed by atoms with van der Waals surface area (Å²) in [5, 5.41) is 40.4. The summed E-state index contributed by atoms with van der Waals surface area (Å²) in [6, 6.07) is 42.6. The number of ether oxygens (including phenoxy) is 6. The molecular formula is C96H101N7O21. The molecule has 0 bridgehead atoms. The Hall–Kier alpha value is -13.8. The second-order valence-corrected chi connectivity index (χ2v) is 33.0. The predicted octanol–water partition coefficient (Wildman–Crippen LogP) is 14.7. The first kappa shape index (κ1) is 90.9. The maximum Gasteiger partial charge on any atom is 0.438 e. The van der Waals surface area contributed by atoms with E-state index in [-0.39, 0.29) is 52.6 Å². The largest absolute Gasteiger partial charge is 0.478 e. The normalized spacial score (nSPS) is 14.5. The zero-order valence-electron chi connectivity index (χ0n) is 71.7. The third-order valence-electron chi connectivity index (χ3n) is 23.4. The van der Waals surface area contributed by atoms with Gasteiger partial charge in [0.2, 0.25) is 0 Å². The highest BCUT2D eigenvalue weighted by Gasteiger charge is 2.50. The van der Waals surface area contributed by atoms with E-state index in [0.29, 0.717) is 122 Å². The van der Waals surface area contributed by atoms with E-state index in [1.807, 2.05) is 86.6 Å². The molecule has 0 aliphatic heterocycles. The number of carboxylic acid groups (broad SMARTS) is 2. The molecule has 124 heavy (non-hydrogen) atoms. The molecular weight excluding hydrogens is 1590 g/mol. The molecule has 7 N–H and O–H groups in total. The fourth-order valence-corrected chi connectivity index (χ4v) is 18.6. The molecule has 0 saturated heterocycles. The average molecular weight is 1690 g/mol. The molecule has 10 aromatic rings. The van der Waals surface area contributed by atoms with Gasteiger partial charge >= 0.3 is 59.3 Å². The number of esters is 6. The van der Waals surface area contributed by atoms with Crippen molar-refractivity contribution in [2.75, 3.05) is 42.7 Å². The van der Waals surface area contributed by atoms with Crippen molar-refractivity contribution in [2.45, 2.75) is 154 Å². The van der Waals surface area contributed by atoms with Gasteiger partial charge in [-0.25, -0.2) is 54.5 Å². The summed E-state index contributed by atoms with van der Waals surface area (Å²) >= 11 is 0. The number of benzene rings is 8. The number of carboxylic acids is 2. The zero-order valence-corrected chi connectivity index (χ0v) is 71.7. The number of aromatic carboxylic acids is 2. The first-order valence-corrected chi connectivity index (χ1v) is 40.7. The van der Waals surface area contributed by atoms with Crippen LogP contribution in [-0.2, 0) is 102 Å². The van der Waals surface area contributed by atoms with Crippen LogP contribution in [0.1, 0.15) is 265 Å². The van der Waals surface area contributed by atoms with Crippen molar-refractivity contribution >= 4 is 53.6 Å². The highest BCUT2D eigenvalue weighted by molar-refractivity contribution is 5.98. The van der Waals surface area contributed by atoms with Crippen LogP contribution in [0.25, 0.3) is 4.85 Å². The Balaban J connectivity index is 0.000000161. The van der Waals surface area contributed by atoms with Gasteiger partial charge in [0, 0.05) is 17.5 Å². The summed E-state index contributed by atoms with van der Waals surface area (Å²) in [7, 11) is 8.11. The highest BCUT2D eigenvalue weighted by atomic mass is 16.5. The van der Waals surface area contributed by atoms with Crippen molar-refractivity contribution in [3.63, 3.8) is 0 Å². The molecule has 28 nitrogen and oxygen atoms in total. The van der Waals surface area contributed by atoms with Gasteiger partial charge in [0.15, 0.2) is 17.5 Å². The van der Waals surface area contributed by atoms with E-state index >= 15 is 0 Å². The number of fused-ring (bicyclic) bond motifs is 8. The van der Waals surface area contributed by atoms with E-state index in [0.717, 1.165) is 89.0 Å². The minimum Gasteiger partial charge on any atom is -0.478 e. The van der Waals surface area contributed by atoms with Crippen LogP contribution < -0.4 is 17.2 Å². The van der Waals surface area contributed by atoms with Gasteiger partial charge in [0.1, 0.15) is 0 Å². The topological polar surface area (TPSA) is 413 Å². The maximum absolute atomic E-state index is 12.2. The Kier molecular flexibility index (Phi) is 27.9. The van der Waals surface area contributed by atoms with Crippen LogP contribution in [-0.4, -0.2) is 132 Å². The lowest BCUT2D eigenvalue weighted by molar-refractivity contribution is 0.0591. The zero-order chi connectivity index (χ0) is 90.0. The van der Waals surface area contributed by atoms with E-state index in [2.05, 4.69) is 71.8 Å². The number of nitrogens with one attached hydrogen (secondary N) is 2. The molecule has 0 amide bonds. The first-order chi connectivity index (χ1) is 59.1. The van der Waals surface area contributed by atoms with Crippen molar-refractivity contribution in [1.82, 2.24) is 20.3 Å². The van der Waals surface area contributed by atoms with Crippen LogP contribution in [0.15, 0.2) is 169 Å². The van der Waals surface area contributed by atoms with Crippen LogP contribution >= 0.6 is 0 Å². The third-order valence-corrected chi connectivity index (χ3v) is 23.4. The molecule has 14 rings (SSSR count). The van der Waals surface area contributed by atoms with Gasteiger partial charge in [-0.3, -0.25) is 23.9 Å². The maximum atomic E-state index is 12.2. The quantitative estimate of drug-likeness (QED) is 0.00833. The van der Waals surface area contributed by atoms with Crippen molar-refractivity contribution in [2.24, 2.45) is 34.6 Å². The third kappa shape index (κ3) is 17.9. The molecule has 0 saturated carbocycles. The standard InChI is InChI=1S/C25H26N2O6.C24H28N2O5.C24H25NO4.C23H22N2O6/c1-14(2)13-25(23-26-24(30)33-27-23)19-9-7-17(21(28)31-3)11-15(19)5-6-16-12-18(22(29)32-4)8-10-20(16)25;1-14(2)13-24(23(25)26-29)19-9-7-17(21(27)30-3)11-15(19)5-6-16-12-18(22(28)31-4)8-10-20(16)24;1-15(2)14-24(25-3)20-10-8-18(22(26)28-4)12-16(20)6-7-17-13-19(23(27)29-5)9-11-21(17)24;1-12(2)11-23(21-24-22(30)31-25-21)17-7-5-15(19(26)27)9-13(17)3-4-14-10-16(20(28)29)6-8-18(14)23/h7-12,14H,5-6,13H2,1-4H3,(H,26,27,30);7-12,14,29H,5-6,13H2,1-4H3,(H2,25,26);8-13,15H,6-7,14H2,1-2,4-5H3;5-10,12H,3-4,11H2,1-2H3,(H,26,27)(H,28,29)(H,24,25,30). The minimum absolute atomic E-state index is 0.0715. The lowest BCUT2D eigenvalue weighted by Gasteiger charge is -2.37. The number of nitrogens with zero attached hydrogens (tertiary/aromatic N) is 4. The van der Waals surface area contributed by atoms with Gasteiger partial charge in [-0.05, 0) is 281 Å². The van der Waals surface area contributed by atoms with Gasteiger partial charge in [-0.15, -0.1) is 0 Å². The van der Waals surface area contributed by atoms with Gasteiger partial charge < -0.3 is 49.6 Å². The molecule has 4 aliphatic carbocycles. The lowest BCUT2D eigenvalue weighted by atomic mass is 9.66. The molecule has 646 valence electrons. The number of amidine groups is 1. The Bertz CT molecular complexity index is 5720. The number of hydrogen-bond donors (Lipinski definition) is 6. The van der Waals surface area contributed by atoms with Crippen LogP contribution in [0.2, 0.25) is 0 Å². The fourth-order valence-electron chi connectivity index (χ4n) is 18.6. The van der Waals surface area contributed by atoms with Crippen LogP contribution in [0.3, 0.4) is 0 Å². The van der Waals surface area contributed by atoms with Crippen LogP contribution in [0.4, 0.5) is 0 Å². The molecule has 4 aliphatic rings. The summed E-state index contributed by atoms with van der Waals surface area (Å²) in [5.41, 5.74) is 20.4.